The van der Waals surface area contributed by atoms with E-state index in [1.54, 1.807) is 7.11 Å². The van der Waals surface area contributed by atoms with Gasteiger partial charge in [0.1, 0.15) is 5.75 Å². The van der Waals surface area contributed by atoms with Crippen LogP contribution in [0.3, 0.4) is 0 Å². The summed E-state index contributed by atoms with van der Waals surface area (Å²) in [6.07, 6.45) is 1.08. The molecule has 20 heavy (non-hydrogen) atoms. The molecule has 0 amide bonds. The molecule has 1 unspecified atom stereocenters. The van der Waals surface area contributed by atoms with E-state index in [1.165, 1.54) is 5.56 Å². The van der Waals surface area contributed by atoms with Crippen LogP contribution in [0.4, 0.5) is 0 Å². The van der Waals surface area contributed by atoms with Crippen LogP contribution in [0.5, 0.6) is 5.75 Å². The number of rotatable bonds is 8. The molecule has 1 atom stereocenters. The van der Waals surface area contributed by atoms with Crippen LogP contribution in [0.2, 0.25) is 0 Å². The van der Waals surface area contributed by atoms with Crippen molar-refractivity contribution in [1.82, 2.24) is 5.32 Å². The number of benzene rings is 1. The molecular weight excluding hydrogens is 246 g/mol. The van der Waals surface area contributed by atoms with Gasteiger partial charge in [-0.3, -0.25) is 0 Å². The number of nitrogens with one attached hydrogen (secondary N) is 1. The van der Waals surface area contributed by atoms with Crippen LogP contribution in [-0.4, -0.2) is 20.2 Å². The van der Waals surface area contributed by atoms with Gasteiger partial charge in [0.05, 0.1) is 7.11 Å². The van der Waals surface area contributed by atoms with E-state index in [9.17, 15) is 0 Å². The number of ether oxygens (including phenoxy) is 1. The molecule has 0 fully saturated rings. The van der Waals surface area contributed by atoms with Crippen molar-refractivity contribution in [2.24, 2.45) is 17.3 Å². The fraction of sp³-hybridized carbons (Fsp3) is 0.667. The highest BCUT2D eigenvalue weighted by atomic mass is 16.5. The smallest absolute Gasteiger partial charge is 0.119 e. The van der Waals surface area contributed by atoms with Crippen LogP contribution in [0.25, 0.3) is 0 Å². The molecule has 2 nitrogen and oxygen atoms in total. The van der Waals surface area contributed by atoms with Gasteiger partial charge in [0, 0.05) is 6.54 Å². The van der Waals surface area contributed by atoms with Crippen molar-refractivity contribution in [3.05, 3.63) is 29.8 Å². The highest BCUT2D eigenvalue weighted by molar-refractivity contribution is 5.29. The van der Waals surface area contributed by atoms with E-state index >= 15 is 0 Å². The van der Waals surface area contributed by atoms with Crippen LogP contribution < -0.4 is 10.1 Å². The van der Waals surface area contributed by atoms with E-state index in [4.69, 9.17) is 4.74 Å². The first-order valence-electron chi connectivity index (χ1n) is 7.71. The normalized spacial score (nSPS) is 14.6. The van der Waals surface area contributed by atoms with Crippen molar-refractivity contribution in [3.63, 3.8) is 0 Å². The maximum Gasteiger partial charge on any atom is 0.119 e. The van der Waals surface area contributed by atoms with Gasteiger partial charge in [-0.1, -0.05) is 46.8 Å². The summed E-state index contributed by atoms with van der Waals surface area (Å²) in [5.41, 5.74) is 1.62. The molecule has 0 bridgehead atoms. The Kier molecular flexibility index (Phi) is 6.54. The molecule has 1 rings (SSSR count). The highest BCUT2D eigenvalue weighted by Gasteiger charge is 2.28. The molecule has 1 aromatic rings. The topological polar surface area (TPSA) is 21.3 Å². The molecule has 2 heteroatoms. The molecule has 0 saturated carbocycles. The maximum atomic E-state index is 5.33. The van der Waals surface area contributed by atoms with Crippen molar-refractivity contribution in [2.45, 2.75) is 41.0 Å². The zero-order valence-corrected chi connectivity index (χ0v) is 14.0. The SMILES string of the molecule is COc1cccc(CC(C)(CNCC(C)C)C(C)C)c1. The van der Waals surface area contributed by atoms with Gasteiger partial charge >= 0.3 is 0 Å². The fourth-order valence-corrected chi connectivity index (χ4v) is 2.37. The summed E-state index contributed by atoms with van der Waals surface area (Å²) >= 11 is 0. The van der Waals surface area contributed by atoms with E-state index in [1.807, 2.05) is 6.07 Å². The summed E-state index contributed by atoms with van der Waals surface area (Å²) in [7, 11) is 1.73. The zero-order chi connectivity index (χ0) is 15.2. The van der Waals surface area contributed by atoms with Gasteiger partial charge in [-0.25, -0.2) is 0 Å². The van der Waals surface area contributed by atoms with Gasteiger partial charge in [-0.2, -0.15) is 0 Å². The average Bonchev–Trinajstić information content (AvgIpc) is 2.38. The quantitative estimate of drug-likeness (QED) is 0.771. The molecule has 1 N–H and O–H groups in total. The summed E-state index contributed by atoms with van der Waals surface area (Å²) in [5.74, 6) is 2.28. The molecule has 0 aromatic heterocycles. The van der Waals surface area contributed by atoms with Gasteiger partial charge in [0.15, 0.2) is 0 Å². The van der Waals surface area contributed by atoms with Crippen molar-refractivity contribution in [1.29, 1.82) is 0 Å². The third-order valence-corrected chi connectivity index (χ3v) is 4.22. The largest absolute Gasteiger partial charge is 0.497 e. The summed E-state index contributed by atoms with van der Waals surface area (Å²) < 4.78 is 5.33. The maximum absolute atomic E-state index is 5.33. The van der Waals surface area contributed by atoms with Crippen molar-refractivity contribution in [2.75, 3.05) is 20.2 Å². The Morgan fingerprint density at radius 2 is 1.90 bits per heavy atom. The summed E-state index contributed by atoms with van der Waals surface area (Å²) in [5, 5.41) is 3.62. The second-order valence-corrected chi connectivity index (χ2v) is 6.86. The van der Waals surface area contributed by atoms with E-state index < -0.39 is 0 Å². The third kappa shape index (κ3) is 5.16. The first-order chi connectivity index (χ1) is 9.37. The second kappa shape index (κ2) is 7.68. The Balaban J connectivity index is 2.74. The first kappa shape index (κ1) is 17.0. The molecule has 114 valence electrons. The van der Waals surface area contributed by atoms with Crippen molar-refractivity contribution in [3.8, 4) is 5.75 Å². The lowest BCUT2D eigenvalue weighted by Gasteiger charge is -2.35. The summed E-state index contributed by atoms with van der Waals surface area (Å²) in [4.78, 5) is 0. The van der Waals surface area contributed by atoms with Gasteiger partial charge in [0.25, 0.3) is 0 Å². The standard InChI is InChI=1S/C18H31NO/c1-14(2)12-19-13-18(5,15(3)4)11-16-8-7-9-17(10-16)20-6/h7-10,14-15,19H,11-13H2,1-6H3. The Bertz CT molecular complexity index is 400. The molecule has 1 aromatic carbocycles. The first-order valence-corrected chi connectivity index (χ1v) is 7.71. The van der Waals surface area contributed by atoms with E-state index in [0.717, 1.165) is 25.3 Å². The molecule has 0 aliphatic rings. The minimum atomic E-state index is 0.265. The lowest BCUT2D eigenvalue weighted by Crippen LogP contribution is -2.39. The minimum absolute atomic E-state index is 0.265. The van der Waals surface area contributed by atoms with Crippen molar-refractivity contribution < 1.29 is 4.74 Å². The van der Waals surface area contributed by atoms with Gasteiger partial charge in [-0.05, 0) is 47.9 Å². The minimum Gasteiger partial charge on any atom is -0.497 e. The van der Waals surface area contributed by atoms with Gasteiger partial charge in [0.2, 0.25) is 0 Å². The van der Waals surface area contributed by atoms with Gasteiger partial charge < -0.3 is 10.1 Å². The number of methoxy groups -OCH3 is 1. The second-order valence-electron chi connectivity index (χ2n) is 6.86. The number of hydrogen-bond acceptors (Lipinski definition) is 2. The van der Waals surface area contributed by atoms with Crippen LogP contribution in [0.15, 0.2) is 24.3 Å². The monoisotopic (exact) mass is 277 g/mol. The molecule has 0 radical (unpaired) electrons. The molecular formula is C18H31NO. The van der Waals surface area contributed by atoms with E-state index in [2.05, 4.69) is 58.1 Å². The Morgan fingerprint density at radius 3 is 2.45 bits per heavy atom. The molecule has 0 saturated heterocycles. The Morgan fingerprint density at radius 1 is 1.20 bits per heavy atom. The van der Waals surface area contributed by atoms with E-state index in [0.29, 0.717) is 11.8 Å². The lowest BCUT2D eigenvalue weighted by atomic mass is 9.74. The predicted octanol–water partition coefficient (Wildman–Crippen LogP) is 4.15. The average molecular weight is 277 g/mol. The van der Waals surface area contributed by atoms with Gasteiger partial charge in [-0.15, -0.1) is 0 Å². The Labute approximate surface area is 124 Å². The molecule has 0 spiro atoms. The van der Waals surface area contributed by atoms with Crippen molar-refractivity contribution >= 4 is 0 Å². The van der Waals surface area contributed by atoms with Crippen LogP contribution >= 0.6 is 0 Å². The fourth-order valence-electron chi connectivity index (χ4n) is 2.37. The van der Waals surface area contributed by atoms with Crippen LogP contribution in [0, 0.1) is 17.3 Å². The van der Waals surface area contributed by atoms with Crippen LogP contribution in [0.1, 0.15) is 40.2 Å². The predicted molar refractivity (Wildman–Crippen MR) is 87.4 cm³/mol. The number of hydrogen-bond donors (Lipinski definition) is 1. The molecule has 0 aliphatic heterocycles. The highest BCUT2D eigenvalue weighted by Crippen LogP contribution is 2.31. The summed E-state index contributed by atoms with van der Waals surface area (Å²) in [6, 6.07) is 8.44. The zero-order valence-electron chi connectivity index (χ0n) is 14.0. The summed E-state index contributed by atoms with van der Waals surface area (Å²) in [6.45, 7) is 13.7. The van der Waals surface area contributed by atoms with E-state index in [-0.39, 0.29) is 5.41 Å². The Hall–Kier alpha value is -1.02. The van der Waals surface area contributed by atoms with Crippen LogP contribution in [-0.2, 0) is 6.42 Å². The molecule has 0 aliphatic carbocycles. The third-order valence-electron chi connectivity index (χ3n) is 4.22. The lowest BCUT2D eigenvalue weighted by molar-refractivity contribution is 0.205. The molecule has 0 heterocycles.